The number of fused-ring (bicyclic) bond motifs is 1. The minimum Gasteiger partial charge on any atom is -0.307 e. The first-order valence-electron chi connectivity index (χ1n) is 5.95. The van der Waals surface area contributed by atoms with Crippen molar-refractivity contribution in [2.24, 2.45) is 0 Å². The van der Waals surface area contributed by atoms with Crippen molar-refractivity contribution in [1.29, 1.82) is 0 Å². The Bertz CT molecular complexity index is 748. The molecule has 0 aliphatic rings. The number of rotatable bonds is 2. The zero-order valence-corrected chi connectivity index (χ0v) is 11.2. The number of nitrogens with one attached hydrogen (secondary N) is 1. The van der Waals surface area contributed by atoms with Gasteiger partial charge in [-0.05, 0) is 25.1 Å². The molecule has 1 amide bonds. The van der Waals surface area contributed by atoms with Crippen molar-refractivity contribution < 1.29 is 4.79 Å². The summed E-state index contributed by atoms with van der Waals surface area (Å²) in [4.78, 5) is 16.5. The second-order valence-corrected chi connectivity index (χ2v) is 5.18. The average Bonchev–Trinajstić information content (AvgIpc) is 2.82. The van der Waals surface area contributed by atoms with Crippen LogP contribution in [0.25, 0.3) is 10.1 Å². The van der Waals surface area contributed by atoms with E-state index in [1.165, 1.54) is 0 Å². The molecule has 3 nitrogen and oxygen atoms in total. The van der Waals surface area contributed by atoms with Gasteiger partial charge < -0.3 is 5.32 Å². The average molecular weight is 268 g/mol. The van der Waals surface area contributed by atoms with E-state index < -0.39 is 0 Å². The number of hydrogen-bond donors (Lipinski definition) is 1. The maximum Gasteiger partial charge on any atom is 0.258 e. The fourth-order valence-electron chi connectivity index (χ4n) is 1.95. The van der Waals surface area contributed by atoms with Gasteiger partial charge in [-0.1, -0.05) is 24.3 Å². The Balaban J connectivity index is 1.92. The summed E-state index contributed by atoms with van der Waals surface area (Å²) in [5.41, 5.74) is 1.58. The highest BCUT2D eigenvalue weighted by Crippen LogP contribution is 2.26. The third-order valence-electron chi connectivity index (χ3n) is 2.86. The minimum absolute atomic E-state index is 0.115. The SMILES string of the molecule is Cc1cccc(NC(=O)c2csc3ccccc23)n1. The number of carbonyl (C=O) groups excluding carboxylic acids is 1. The monoisotopic (exact) mass is 268 g/mol. The van der Waals surface area contributed by atoms with Gasteiger partial charge in [-0.15, -0.1) is 11.3 Å². The van der Waals surface area contributed by atoms with Gasteiger partial charge >= 0.3 is 0 Å². The first kappa shape index (κ1) is 11.9. The molecule has 19 heavy (non-hydrogen) atoms. The number of benzene rings is 1. The van der Waals surface area contributed by atoms with E-state index in [1.807, 2.05) is 48.7 Å². The summed E-state index contributed by atoms with van der Waals surface area (Å²) in [6.07, 6.45) is 0. The van der Waals surface area contributed by atoms with Gasteiger partial charge in [0.2, 0.25) is 0 Å². The van der Waals surface area contributed by atoms with Crippen molar-refractivity contribution in [2.75, 3.05) is 5.32 Å². The van der Waals surface area contributed by atoms with Crippen LogP contribution >= 0.6 is 11.3 Å². The van der Waals surface area contributed by atoms with Crippen molar-refractivity contribution >= 4 is 33.1 Å². The van der Waals surface area contributed by atoms with Gasteiger partial charge in [0.05, 0.1) is 5.56 Å². The summed E-state index contributed by atoms with van der Waals surface area (Å²) in [5, 5.41) is 5.70. The van der Waals surface area contributed by atoms with Gasteiger partial charge in [-0.3, -0.25) is 4.79 Å². The first-order chi connectivity index (χ1) is 9.24. The van der Waals surface area contributed by atoms with E-state index in [0.717, 1.165) is 15.8 Å². The van der Waals surface area contributed by atoms with E-state index in [2.05, 4.69) is 10.3 Å². The molecule has 0 saturated heterocycles. The molecule has 0 atom stereocenters. The Morgan fingerprint density at radius 3 is 2.84 bits per heavy atom. The fourth-order valence-corrected chi connectivity index (χ4v) is 2.89. The van der Waals surface area contributed by atoms with Crippen molar-refractivity contribution in [2.45, 2.75) is 6.92 Å². The predicted molar refractivity (Wildman–Crippen MR) is 78.8 cm³/mol. The molecule has 0 saturated carbocycles. The maximum atomic E-state index is 12.3. The smallest absolute Gasteiger partial charge is 0.258 e. The minimum atomic E-state index is -0.115. The molecule has 3 aromatic rings. The largest absolute Gasteiger partial charge is 0.307 e. The summed E-state index contributed by atoms with van der Waals surface area (Å²) >= 11 is 1.57. The normalized spacial score (nSPS) is 10.6. The third-order valence-corrected chi connectivity index (χ3v) is 3.82. The van der Waals surface area contributed by atoms with Crippen LogP contribution in [-0.2, 0) is 0 Å². The van der Waals surface area contributed by atoms with Crippen LogP contribution in [-0.4, -0.2) is 10.9 Å². The molecule has 94 valence electrons. The summed E-state index contributed by atoms with van der Waals surface area (Å²) < 4.78 is 1.12. The molecule has 0 aliphatic carbocycles. The van der Waals surface area contributed by atoms with Crippen molar-refractivity contribution in [3.63, 3.8) is 0 Å². The first-order valence-corrected chi connectivity index (χ1v) is 6.83. The van der Waals surface area contributed by atoms with Gasteiger partial charge in [0.1, 0.15) is 5.82 Å². The number of hydrogen-bond acceptors (Lipinski definition) is 3. The number of pyridine rings is 1. The number of amides is 1. The topological polar surface area (TPSA) is 42.0 Å². The zero-order chi connectivity index (χ0) is 13.2. The van der Waals surface area contributed by atoms with E-state index in [1.54, 1.807) is 17.4 Å². The quantitative estimate of drug-likeness (QED) is 0.767. The van der Waals surface area contributed by atoms with Crippen LogP contribution in [0.3, 0.4) is 0 Å². The molecular formula is C15H12N2OS. The third kappa shape index (κ3) is 2.35. The van der Waals surface area contributed by atoms with Gasteiger partial charge in [0.15, 0.2) is 0 Å². The fraction of sp³-hybridized carbons (Fsp3) is 0.0667. The Labute approximate surface area is 114 Å². The van der Waals surface area contributed by atoms with E-state index in [9.17, 15) is 4.79 Å². The lowest BCUT2D eigenvalue weighted by molar-refractivity contribution is 0.102. The number of aromatic nitrogens is 1. The van der Waals surface area contributed by atoms with Crippen LogP contribution < -0.4 is 5.32 Å². The van der Waals surface area contributed by atoms with Crippen molar-refractivity contribution in [3.05, 3.63) is 59.1 Å². The summed E-state index contributed by atoms with van der Waals surface area (Å²) in [7, 11) is 0. The van der Waals surface area contributed by atoms with E-state index in [4.69, 9.17) is 0 Å². The molecule has 4 heteroatoms. The van der Waals surface area contributed by atoms with Gasteiger partial charge in [0.25, 0.3) is 5.91 Å². The molecule has 0 unspecified atom stereocenters. The molecule has 2 heterocycles. The number of nitrogens with zero attached hydrogens (tertiary/aromatic N) is 1. The van der Waals surface area contributed by atoms with Gasteiger partial charge in [-0.2, -0.15) is 0 Å². The molecule has 2 aromatic heterocycles. The summed E-state index contributed by atoms with van der Waals surface area (Å²) in [6, 6.07) is 13.5. The molecular weight excluding hydrogens is 256 g/mol. The molecule has 0 bridgehead atoms. The summed E-state index contributed by atoms with van der Waals surface area (Å²) in [5.74, 6) is 0.468. The van der Waals surface area contributed by atoms with Gasteiger partial charge in [-0.25, -0.2) is 4.98 Å². The van der Waals surface area contributed by atoms with Crippen LogP contribution in [0.1, 0.15) is 16.1 Å². The Morgan fingerprint density at radius 2 is 2.00 bits per heavy atom. The Morgan fingerprint density at radius 1 is 1.16 bits per heavy atom. The lowest BCUT2D eigenvalue weighted by Gasteiger charge is -2.04. The second kappa shape index (κ2) is 4.82. The van der Waals surface area contributed by atoms with Crippen LogP contribution in [0.2, 0.25) is 0 Å². The Kier molecular flexibility index (Phi) is 3.01. The Hall–Kier alpha value is -2.20. The molecule has 1 N–H and O–H groups in total. The standard InChI is InChI=1S/C15H12N2OS/c1-10-5-4-8-14(16-10)17-15(18)12-9-19-13-7-3-2-6-11(12)13/h2-9H,1H3,(H,16,17,18). The van der Waals surface area contributed by atoms with Crippen LogP contribution in [0.15, 0.2) is 47.8 Å². The lowest BCUT2D eigenvalue weighted by Crippen LogP contribution is -2.12. The van der Waals surface area contributed by atoms with Crippen molar-refractivity contribution in [3.8, 4) is 0 Å². The lowest BCUT2D eigenvalue weighted by atomic mass is 10.1. The summed E-state index contributed by atoms with van der Waals surface area (Å²) in [6.45, 7) is 1.90. The van der Waals surface area contributed by atoms with E-state index in [0.29, 0.717) is 11.4 Å². The molecule has 0 fully saturated rings. The van der Waals surface area contributed by atoms with E-state index >= 15 is 0 Å². The number of thiophene rings is 1. The number of aryl methyl sites for hydroxylation is 1. The van der Waals surface area contributed by atoms with Crippen LogP contribution in [0.5, 0.6) is 0 Å². The van der Waals surface area contributed by atoms with Gasteiger partial charge in [0, 0.05) is 21.2 Å². The van der Waals surface area contributed by atoms with E-state index in [-0.39, 0.29) is 5.91 Å². The maximum absolute atomic E-state index is 12.3. The zero-order valence-electron chi connectivity index (χ0n) is 10.4. The van der Waals surface area contributed by atoms with Crippen LogP contribution in [0.4, 0.5) is 5.82 Å². The molecule has 0 aliphatic heterocycles. The number of anilines is 1. The highest BCUT2D eigenvalue weighted by atomic mass is 32.1. The molecule has 3 rings (SSSR count). The number of carbonyl (C=O) groups is 1. The van der Waals surface area contributed by atoms with Crippen LogP contribution in [0, 0.1) is 6.92 Å². The molecule has 0 spiro atoms. The highest BCUT2D eigenvalue weighted by molar-refractivity contribution is 7.17. The molecule has 1 aromatic carbocycles. The van der Waals surface area contributed by atoms with Crippen molar-refractivity contribution in [1.82, 2.24) is 4.98 Å². The highest BCUT2D eigenvalue weighted by Gasteiger charge is 2.12. The second-order valence-electron chi connectivity index (χ2n) is 4.26. The molecule has 0 radical (unpaired) electrons. The predicted octanol–water partition coefficient (Wildman–Crippen LogP) is 3.86.